The van der Waals surface area contributed by atoms with Crippen molar-refractivity contribution in [1.29, 1.82) is 5.26 Å². The Balaban J connectivity index is 1.94. The molecular formula is C30H51NO3. The van der Waals surface area contributed by atoms with E-state index in [0.29, 0.717) is 17.9 Å². The van der Waals surface area contributed by atoms with Crippen molar-refractivity contribution in [3.63, 3.8) is 0 Å². The first kappa shape index (κ1) is 30.5. The molecule has 1 unspecified atom stereocenters. The van der Waals surface area contributed by atoms with Crippen molar-refractivity contribution < 1.29 is 14.6 Å². The molecule has 0 saturated carbocycles. The molecule has 1 aromatic carbocycles. The summed E-state index contributed by atoms with van der Waals surface area (Å²) in [4.78, 5) is 0. The fourth-order valence-corrected chi connectivity index (χ4v) is 4.46. The molecule has 0 aliphatic carbocycles. The third kappa shape index (κ3) is 15.4. The molecule has 4 nitrogen and oxygen atoms in total. The van der Waals surface area contributed by atoms with Gasteiger partial charge in [0.2, 0.25) is 0 Å². The molecule has 1 N–H and O–H groups in total. The number of nitrogens with zero attached hydrogens (tertiary/aromatic N) is 1. The molecule has 0 aliphatic heterocycles. The van der Waals surface area contributed by atoms with E-state index in [1.165, 1.54) is 103 Å². The summed E-state index contributed by atoms with van der Waals surface area (Å²) in [6.07, 6.45) is 24.0. The third-order valence-corrected chi connectivity index (χ3v) is 6.71. The van der Waals surface area contributed by atoms with Gasteiger partial charge in [0, 0.05) is 0 Å². The van der Waals surface area contributed by atoms with E-state index in [4.69, 9.17) is 14.7 Å². The number of hydrogen-bond acceptors (Lipinski definition) is 4. The van der Waals surface area contributed by atoms with Crippen LogP contribution < -0.4 is 4.74 Å². The van der Waals surface area contributed by atoms with E-state index >= 15 is 0 Å². The van der Waals surface area contributed by atoms with Gasteiger partial charge in [-0.2, -0.15) is 5.26 Å². The van der Waals surface area contributed by atoms with Gasteiger partial charge in [0.1, 0.15) is 11.8 Å². The van der Waals surface area contributed by atoms with Gasteiger partial charge in [-0.3, -0.25) is 0 Å². The van der Waals surface area contributed by atoms with Crippen LogP contribution in [0.2, 0.25) is 0 Å². The minimum atomic E-state index is -0.127. The second-order valence-corrected chi connectivity index (χ2v) is 9.71. The highest BCUT2D eigenvalue weighted by molar-refractivity contribution is 5.45. The zero-order valence-electron chi connectivity index (χ0n) is 22.2. The Morgan fingerprint density at radius 1 is 0.794 bits per heavy atom. The zero-order valence-corrected chi connectivity index (χ0v) is 22.2. The number of rotatable bonds is 23. The fourth-order valence-electron chi connectivity index (χ4n) is 4.46. The average Bonchev–Trinajstić information content (AvgIpc) is 2.87. The number of hydrogen-bond donors (Lipinski definition) is 1. The first-order chi connectivity index (χ1) is 16.7. The van der Waals surface area contributed by atoms with Crippen LogP contribution in [0.15, 0.2) is 18.2 Å². The molecule has 0 amide bonds. The lowest BCUT2D eigenvalue weighted by Crippen LogP contribution is -2.17. The number of benzene rings is 1. The van der Waals surface area contributed by atoms with Crippen molar-refractivity contribution in [3.05, 3.63) is 29.3 Å². The second kappa shape index (κ2) is 21.9. The number of methoxy groups -OCH3 is 1. The van der Waals surface area contributed by atoms with Gasteiger partial charge in [-0.05, 0) is 24.1 Å². The minimum Gasteiger partial charge on any atom is -0.495 e. The monoisotopic (exact) mass is 473 g/mol. The normalized spacial score (nSPS) is 11.9. The Morgan fingerprint density at radius 3 is 1.74 bits per heavy atom. The molecule has 1 aromatic rings. The molecule has 1 atom stereocenters. The average molecular weight is 474 g/mol. The van der Waals surface area contributed by atoms with Crippen LogP contribution in [0.4, 0.5) is 0 Å². The molecule has 0 aliphatic rings. The summed E-state index contributed by atoms with van der Waals surface area (Å²) in [5.74, 6) is 0.567. The Bertz CT molecular complexity index is 640. The molecule has 0 saturated heterocycles. The quantitative estimate of drug-likeness (QED) is 0.162. The van der Waals surface area contributed by atoms with Crippen molar-refractivity contribution in [3.8, 4) is 11.8 Å². The van der Waals surface area contributed by atoms with E-state index in [-0.39, 0.29) is 12.7 Å². The number of ether oxygens (including phenoxy) is 2. The second-order valence-electron chi connectivity index (χ2n) is 9.71. The lowest BCUT2D eigenvalue weighted by atomic mass is 10.0. The van der Waals surface area contributed by atoms with Crippen molar-refractivity contribution in [2.75, 3.05) is 13.7 Å². The van der Waals surface area contributed by atoms with E-state index in [0.717, 1.165) is 18.4 Å². The zero-order chi connectivity index (χ0) is 24.7. The fraction of sp³-hybridized carbons (Fsp3) is 0.767. The molecule has 1 rings (SSSR count). The number of aliphatic hydroxyl groups is 1. The van der Waals surface area contributed by atoms with E-state index < -0.39 is 0 Å². The van der Waals surface area contributed by atoms with Gasteiger partial charge in [0.05, 0.1) is 32.0 Å². The molecule has 34 heavy (non-hydrogen) atoms. The summed E-state index contributed by atoms with van der Waals surface area (Å²) in [5.41, 5.74) is 1.48. The topological polar surface area (TPSA) is 62.5 Å². The van der Waals surface area contributed by atoms with Crippen LogP contribution in [-0.4, -0.2) is 24.9 Å². The first-order valence-corrected chi connectivity index (χ1v) is 14.0. The van der Waals surface area contributed by atoms with E-state index in [1.807, 2.05) is 12.1 Å². The Morgan fingerprint density at radius 2 is 1.29 bits per heavy atom. The van der Waals surface area contributed by atoms with Crippen molar-refractivity contribution >= 4 is 0 Å². The van der Waals surface area contributed by atoms with Crippen LogP contribution in [0.25, 0.3) is 0 Å². The van der Waals surface area contributed by atoms with Crippen molar-refractivity contribution in [2.24, 2.45) is 0 Å². The minimum absolute atomic E-state index is 0.0479. The summed E-state index contributed by atoms with van der Waals surface area (Å²) >= 11 is 0. The smallest absolute Gasteiger partial charge is 0.136 e. The van der Waals surface area contributed by atoms with E-state index in [2.05, 4.69) is 13.0 Å². The number of aliphatic hydroxyl groups excluding tert-OH is 1. The Hall–Kier alpha value is -1.57. The van der Waals surface area contributed by atoms with E-state index in [9.17, 15) is 5.11 Å². The van der Waals surface area contributed by atoms with Gasteiger partial charge in [-0.15, -0.1) is 0 Å². The maximum absolute atomic E-state index is 9.63. The maximum Gasteiger partial charge on any atom is 0.136 e. The predicted octanol–water partition coefficient (Wildman–Crippen LogP) is 8.49. The van der Waals surface area contributed by atoms with Crippen LogP contribution in [-0.2, 0) is 11.3 Å². The highest BCUT2D eigenvalue weighted by atomic mass is 16.5. The van der Waals surface area contributed by atoms with Gasteiger partial charge in [0.25, 0.3) is 0 Å². The molecule has 4 heteroatoms. The van der Waals surface area contributed by atoms with E-state index in [1.54, 1.807) is 13.2 Å². The molecule has 0 fully saturated rings. The molecule has 0 radical (unpaired) electrons. The third-order valence-electron chi connectivity index (χ3n) is 6.71. The van der Waals surface area contributed by atoms with Crippen LogP contribution >= 0.6 is 0 Å². The van der Waals surface area contributed by atoms with Gasteiger partial charge in [-0.25, -0.2) is 0 Å². The van der Waals surface area contributed by atoms with Crippen LogP contribution in [0, 0.1) is 11.3 Å². The summed E-state index contributed by atoms with van der Waals surface area (Å²) in [7, 11) is 1.56. The Labute approximate surface area is 210 Å². The van der Waals surface area contributed by atoms with Crippen molar-refractivity contribution in [2.45, 2.75) is 135 Å². The largest absolute Gasteiger partial charge is 0.495 e. The van der Waals surface area contributed by atoms with Crippen LogP contribution in [0.5, 0.6) is 5.75 Å². The van der Waals surface area contributed by atoms with Crippen LogP contribution in [0.3, 0.4) is 0 Å². The summed E-state index contributed by atoms with van der Waals surface area (Å²) in [5, 5.41) is 18.7. The number of unbranched alkanes of at least 4 members (excludes halogenated alkanes) is 16. The molecule has 194 valence electrons. The Kier molecular flexibility index (Phi) is 19.6. The summed E-state index contributed by atoms with van der Waals surface area (Å²) in [6, 6.07) is 7.59. The van der Waals surface area contributed by atoms with Gasteiger partial charge in [0.15, 0.2) is 0 Å². The van der Waals surface area contributed by atoms with Gasteiger partial charge in [-0.1, -0.05) is 122 Å². The lowest BCUT2D eigenvalue weighted by molar-refractivity contribution is -0.00353. The molecule has 0 heterocycles. The number of nitriles is 1. The SMILES string of the molecule is CCCCCCCCCCCCCCCCCCCC(CO)OCc1ccc(C#N)c(OC)c1. The molecule has 0 aromatic heterocycles. The lowest BCUT2D eigenvalue weighted by Gasteiger charge is -2.16. The molecule has 0 bridgehead atoms. The van der Waals surface area contributed by atoms with Crippen molar-refractivity contribution in [1.82, 2.24) is 0 Å². The van der Waals surface area contributed by atoms with Gasteiger partial charge >= 0.3 is 0 Å². The predicted molar refractivity (Wildman–Crippen MR) is 142 cm³/mol. The summed E-state index contributed by atoms with van der Waals surface area (Å²) in [6.45, 7) is 2.75. The standard InChI is InChI=1S/C30H51NO3/c1-3-4-5-6-7-8-9-10-11-12-13-14-15-16-17-18-19-20-29(25-32)34-26-27-21-22-28(24-31)30(23-27)33-2/h21-23,29,32H,3-20,25-26H2,1-2H3. The van der Waals surface area contributed by atoms with Crippen LogP contribution in [0.1, 0.15) is 134 Å². The highest BCUT2D eigenvalue weighted by Crippen LogP contribution is 2.21. The summed E-state index contributed by atoms with van der Waals surface area (Å²) < 4.78 is 11.1. The maximum atomic E-state index is 9.63. The molecular weight excluding hydrogens is 422 g/mol. The highest BCUT2D eigenvalue weighted by Gasteiger charge is 2.10. The molecule has 0 spiro atoms. The first-order valence-electron chi connectivity index (χ1n) is 14.0. The van der Waals surface area contributed by atoms with Gasteiger partial charge < -0.3 is 14.6 Å².